The number of aromatic nitrogens is 3. The van der Waals surface area contributed by atoms with Crippen molar-refractivity contribution in [1.82, 2.24) is 14.8 Å². The summed E-state index contributed by atoms with van der Waals surface area (Å²) in [5, 5.41) is 7.09. The Morgan fingerprint density at radius 2 is 1.67 bits per heavy atom. The zero-order valence-electron chi connectivity index (χ0n) is 17.6. The Morgan fingerprint density at radius 3 is 2.39 bits per heavy atom. The molecule has 1 N–H and O–H groups in total. The molecule has 0 bridgehead atoms. The maximum Gasteiger partial charge on any atom is 0.358 e. The first-order valence-electron chi connectivity index (χ1n) is 10.1. The van der Waals surface area contributed by atoms with Crippen LogP contribution in [0.2, 0.25) is 0 Å². The Morgan fingerprint density at radius 1 is 0.939 bits per heavy atom. The molecule has 2 aromatic heterocycles. The van der Waals surface area contributed by atoms with E-state index in [9.17, 15) is 9.59 Å². The van der Waals surface area contributed by atoms with Crippen molar-refractivity contribution in [2.45, 2.75) is 0 Å². The first-order chi connectivity index (χ1) is 16.1. The van der Waals surface area contributed by atoms with Gasteiger partial charge in [0, 0.05) is 17.3 Å². The maximum absolute atomic E-state index is 13.0. The minimum Gasteiger partial charge on any atom is -0.464 e. The van der Waals surface area contributed by atoms with Crippen LogP contribution in [0.3, 0.4) is 0 Å². The smallest absolute Gasteiger partial charge is 0.358 e. The largest absolute Gasteiger partial charge is 0.464 e. The molecule has 33 heavy (non-hydrogen) atoms. The van der Waals surface area contributed by atoms with E-state index in [0.29, 0.717) is 22.8 Å². The van der Waals surface area contributed by atoms with Crippen molar-refractivity contribution < 1.29 is 18.7 Å². The van der Waals surface area contributed by atoms with Crippen LogP contribution in [-0.2, 0) is 4.74 Å². The van der Waals surface area contributed by atoms with E-state index in [-0.39, 0.29) is 11.4 Å². The van der Waals surface area contributed by atoms with Gasteiger partial charge in [-0.05, 0) is 48.5 Å². The van der Waals surface area contributed by atoms with E-state index in [1.165, 1.54) is 17.9 Å². The van der Waals surface area contributed by atoms with Gasteiger partial charge in [0.05, 0.1) is 12.8 Å². The van der Waals surface area contributed by atoms with Crippen LogP contribution in [0.25, 0.3) is 28.2 Å². The Bertz CT molecular complexity index is 1420. The number of fused-ring (bicyclic) bond motifs is 1. The van der Waals surface area contributed by atoms with Crippen LogP contribution >= 0.6 is 0 Å². The third kappa shape index (κ3) is 3.97. The average Bonchev–Trinajstić information content (AvgIpc) is 3.50. The van der Waals surface area contributed by atoms with Gasteiger partial charge in [-0.25, -0.2) is 14.5 Å². The number of nitrogens with zero attached hydrogens (tertiary/aromatic N) is 3. The average molecular weight is 438 g/mol. The number of benzene rings is 3. The van der Waals surface area contributed by atoms with Gasteiger partial charge in [-0.2, -0.15) is 5.10 Å². The highest BCUT2D eigenvalue weighted by molar-refractivity contribution is 6.05. The standard InChI is InChI=1S/C25H18N4O4/c1-32-25(31)20-15-21(29(28-20)18-7-3-2-4-8-18)23(30)26-17-13-11-16(12-14-17)24-27-19-9-5-6-10-22(19)33-24/h2-15H,1H3,(H,26,30). The molecular formula is C25H18N4O4. The van der Waals surface area contributed by atoms with Crippen molar-refractivity contribution in [1.29, 1.82) is 0 Å². The van der Waals surface area contributed by atoms with E-state index in [4.69, 9.17) is 9.15 Å². The summed E-state index contributed by atoms with van der Waals surface area (Å²) in [6, 6.07) is 25.2. The molecule has 0 spiro atoms. The Balaban J connectivity index is 1.41. The second-order valence-electron chi connectivity index (χ2n) is 7.17. The summed E-state index contributed by atoms with van der Waals surface area (Å²) in [4.78, 5) is 29.5. The molecule has 1 amide bonds. The lowest BCUT2D eigenvalue weighted by atomic mass is 10.2. The molecule has 0 atom stereocenters. The van der Waals surface area contributed by atoms with E-state index in [1.54, 1.807) is 24.3 Å². The van der Waals surface area contributed by atoms with Gasteiger partial charge in [-0.15, -0.1) is 0 Å². The summed E-state index contributed by atoms with van der Waals surface area (Å²) >= 11 is 0. The van der Waals surface area contributed by atoms with Gasteiger partial charge in [-0.1, -0.05) is 30.3 Å². The van der Waals surface area contributed by atoms with Crippen molar-refractivity contribution in [2.24, 2.45) is 0 Å². The number of para-hydroxylation sites is 3. The first-order valence-corrected chi connectivity index (χ1v) is 10.1. The molecule has 0 aliphatic heterocycles. The van der Waals surface area contributed by atoms with Crippen molar-refractivity contribution in [3.8, 4) is 17.1 Å². The summed E-state index contributed by atoms with van der Waals surface area (Å²) in [5.41, 5.74) is 3.72. The van der Waals surface area contributed by atoms with Gasteiger partial charge >= 0.3 is 5.97 Å². The highest BCUT2D eigenvalue weighted by Crippen LogP contribution is 2.25. The monoisotopic (exact) mass is 438 g/mol. The maximum atomic E-state index is 13.0. The number of ether oxygens (including phenoxy) is 1. The van der Waals surface area contributed by atoms with Gasteiger partial charge in [-0.3, -0.25) is 4.79 Å². The van der Waals surface area contributed by atoms with Crippen LogP contribution in [0.1, 0.15) is 21.0 Å². The number of rotatable bonds is 5. The van der Waals surface area contributed by atoms with Crippen LogP contribution < -0.4 is 5.32 Å². The second kappa shape index (κ2) is 8.43. The van der Waals surface area contributed by atoms with Crippen LogP contribution in [0.15, 0.2) is 89.3 Å². The SMILES string of the molecule is COC(=O)c1cc(C(=O)Nc2ccc(-c3nc4ccccc4o3)cc2)n(-c2ccccc2)n1. The van der Waals surface area contributed by atoms with Gasteiger partial charge in [0.25, 0.3) is 5.91 Å². The first kappa shape index (κ1) is 20.2. The third-order valence-electron chi connectivity index (χ3n) is 5.02. The van der Waals surface area contributed by atoms with Gasteiger partial charge in [0.2, 0.25) is 5.89 Å². The predicted octanol–water partition coefficient (Wildman–Crippen LogP) is 4.72. The van der Waals surface area contributed by atoms with Crippen LogP contribution in [0.5, 0.6) is 0 Å². The summed E-state index contributed by atoms with van der Waals surface area (Å²) < 4.78 is 12.0. The van der Waals surface area contributed by atoms with Gasteiger partial charge < -0.3 is 14.5 Å². The predicted molar refractivity (Wildman–Crippen MR) is 122 cm³/mol. The fourth-order valence-corrected chi connectivity index (χ4v) is 3.40. The molecule has 162 valence electrons. The van der Waals surface area contributed by atoms with Gasteiger partial charge in [0.1, 0.15) is 11.2 Å². The fraction of sp³-hybridized carbons (Fsp3) is 0.0400. The molecule has 2 heterocycles. The zero-order chi connectivity index (χ0) is 22.8. The summed E-state index contributed by atoms with van der Waals surface area (Å²) in [6.07, 6.45) is 0. The lowest BCUT2D eigenvalue weighted by Gasteiger charge is -2.08. The van der Waals surface area contributed by atoms with E-state index in [2.05, 4.69) is 15.4 Å². The number of anilines is 1. The highest BCUT2D eigenvalue weighted by Gasteiger charge is 2.21. The number of hydrogen-bond acceptors (Lipinski definition) is 6. The van der Waals surface area contributed by atoms with Crippen LogP contribution in [0, 0.1) is 0 Å². The fourth-order valence-electron chi connectivity index (χ4n) is 3.40. The summed E-state index contributed by atoms with van der Waals surface area (Å²) in [7, 11) is 1.27. The van der Waals surface area contributed by atoms with Crippen LogP contribution in [0.4, 0.5) is 5.69 Å². The molecule has 3 aromatic carbocycles. The summed E-state index contributed by atoms with van der Waals surface area (Å²) in [5.74, 6) is -0.545. The van der Waals surface area contributed by atoms with E-state index >= 15 is 0 Å². The quantitative estimate of drug-likeness (QED) is 0.399. The molecule has 0 aliphatic rings. The molecular weight excluding hydrogens is 420 g/mol. The van der Waals surface area contributed by atoms with Crippen LogP contribution in [-0.4, -0.2) is 33.8 Å². The number of nitrogens with one attached hydrogen (secondary N) is 1. The molecule has 5 rings (SSSR count). The molecule has 8 nitrogen and oxygen atoms in total. The molecule has 5 aromatic rings. The Labute approximate surface area is 188 Å². The van der Waals surface area contributed by atoms with Crippen molar-refractivity contribution in [3.63, 3.8) is 0 Å². The molecule has 0 aliphatic carbocycles. The Hall–Kier alpha value is -4.72. The van der Waals surface area contributed by atoms with E-state index in [1.807, 2.05) is 54.6 Å². The number of oxazole rings is 1. The van der Waals surface area contributed by atoms with Crippen molar-refractivity contribution >= 4 is 28.7 Å². The number of methoxy groups -OCH3 is 1. The molecule has 0 saturated heterocycles. The normalized spacial score (nSPS) is 10.8. The van der Waals surface area contributed by atoms with E-state index < -0.39 is 11.9 Å². The van der Waals surface area contributed by atoms with Crippen molar-refractivity contribution in [2.75, 3.05) is 12.4 Å². The Kier molecular flexibility index (Phi) is 5.16. The number of esters is 1. The van der Waals surface area contributed by atoms with Gasteiger partial charge in [0.15, 0.2) is 11.3 Å². The molecule has 0 saturated carbocycles. The second-order valence-corrected chi connectivity index (χ2v) is 7.17. The number of carbonyl (C=O) groups is 2. The lowest BCUT2D eigenvalue weighted by molar-refractivity contribution is 0.0593. The number of amides is 1. The third-order valence-corrected chi connectivity index (χ3v) is 5.02. The summed E-state index contributed by atoms with van der Waals surface area (Å²) in [6.45, 7) is 0. The zero-order valence-corrected chi connectivity index (χ0v) is 17.6. The molecule has 0 radical (unpaired) electrons. The lowest BCUT2D eigenvalue weighted by Crippen LogP contribution is -2.16. The minimum absolute atomic E-state index is 0.0396. The van der Waals surface area contributed by atoms with Crippen molar-refractivity contribution in [3.05, 3.63) is 96.3 Å². The molecule has 8 heteroatoms. The topological polar surface area (TPSA) is 99.3 Å². The molecule has 0 fully saturated rings. The minimum atomic E-state index is -0.624. The number of carbonyl (C=O) groups excluding carboxylic acids is 2. The molecule has 0 unspecified atom stereocenters. The van der Waals surface area contributed by atoms with E-state index in [0.717, 1.165) is 11.1 Å². The number of hydrogen-bond donors (Lipinski definition) is 1. The highest BCUT2D eigenvalue weighted by atomic mass is 16.5.